The largest absolute Gasteiger partial charge is 0.379 e. The fraction of sp³-hybridized carbons (Fsp3) is 1.00. The lowest BCUT2D eigenvalue weighted by molar-refractivity contribution is 0.0405. The number of nitrogens with zero attached hydrogens (tertiary/aromatic N) is 1. The minimum Gasteiger partial charge on any atom is -0.379 e. The minimum absolute atomic E-state index is 0.924. The number of hydrogen-bond acceptors (Lipinski definition) is 4. The molecule has 1 aliphatic heterocycles. The van der Waals surface area contributed by atoms with Gasteiger partial charge in [0.15, 0.2) is 0 Å². The lowest BCUT2D eigenvalue weighted by Gasteiger charge is -2.24. The van der Waals surface area contributed by atoms with Crippen LogP contribution in [0.3, 0.4) is 0 Å². The summed E-state index contributed by atoms with van der Waals surface area (Å²) in [4.78, 5) is 2.39. The van der Waals surface area contributed by atoms with Crippen molar-refractivity contribution in [1.82, 2.24) is 4.90 Å². The first-order chi connectivity index (χ1) is 4.93. The SMILES string of the molecule is CCN1CCOCC1.NN. The quantitative estimate of drug-likeness (QED) is 0.375. The Labute approximate surface area is 62.1 Å². The molecule has 0 spiro atoms. The highest BCUT2D eigenvalue weighted by molar-refractivity contribution is 4.57. The van der Waals surface area contributed by atoms with Crippen LogP contribution >= 0.6 is 0 Å². The van der Waals surface area contributed by atoms with Crippen LogP contribution in [0.2, 0.25) is 0 Å². The summed E-state index contributed by atoms with van der Waals surface area (Å²) in [7, 11) is 0. The number of nitrogens with two attached hydrogens (primary N) is 2. The summed E-state index contributed by atoms with van der Waals surface area (Å²) >= 11 is 0. The molecule has 4 N–H and O–H groups in total. The van der Waals surface area contributed by atoms with E-state index in [-0.39, 0.29) is 0 Å². The molecule has 0 amide bonds. The normalized spacial score (nSPS) is 19.5. The molecule has 1 fully saturated rings. The van der Waals surface area contributed by atoms with Crippen LogP contribution in [0, 0.1) is 0 Å². The van der Waals surface area contributed by atoms with E-state index in [1.165, 1.54) is 6.54 Å². The first kappa shape index (κ1) is 9.84. The number of ether oxygens (including phenoxy) is 1. The maximum atomic E-state index is 5.16. The van der Waals surface area contributed by atoms with E-state index in [2.05, 4.69) is 23.5 Å². The topological polar surface area (TPSA) is 64.5 Å². The van der Waals surface area contributed by atoms with Crippen molar-refractivity contribution in [3.63, 3.8) is 0 Å². The van der Waals surface area contributed by atoms with Gasteiger partial charge in [-0.3, -0.25) is 16.6 Å². The van der Waals surface area contributed by atoms with Crippen molar-refractivity contribution in [1.29, 1.82) is 0 Å². The molecule has 4 nitrogen and oxygen atoms in total. The van der Waals surface area contributed by atoms with Gasteiger partial charge in [-0.2, -0.15) is 0 Å². The van der Waals surface area contributed by atoms with Crippen molar-refractivity contribution in [2.75, 3.05) is 32.8 Å². The molecule has 62 valence electrons. The number of likely N-dealkylation sites (N-methyl/N-ethyl adjacent to an activating group) is 1. The summed E-state index contributed by atoms with van der Waals surface area (Å²) in [5.74, 6) is 8.00. The predicted octanol–water partition coefficient (Wildman–Crippen LogP) is -0.843. The summed E-state index contributed by atoms with van der Waals surface area (Å²) in [6.45, 7) is 7.45. The lowest BCUT2D eigenvalue weighted by Crippen LogP contribution is -2.35. The summed E-state index contributed by atoms with van der Waals surface area (Å²) in [5.41, 5.74) is 0. The molecule has 1 rings (SSSR count). The Morgan fingerprint density at radius 2 is 1.80 bits per heavy atom. The van der Waals surface area contributed by atoms with Crippen LogP contribution in [0.4, 0.5) is 0 Å². The number of hydrazine groups is 1. The van der Waals surface area contributed by atoms with Crippen molar-refractivity contribution in [2.24, 2.45) is 11.7 Å². The molecule has 1 heterocycles. The Morgan fingerprint density at radius 3 is 2.10 bits per heavy atom. The van der Waals surface area contributed by atoms with Crippen LogP contribution in [0.25, 0.3) is 0 Å². The van der Waals surface area contributed by atoms with E-state index in [0.717, 1.165) is 26.3 Å². The monoisotopic (exact) mass is 147 g/mol. The molecular weight excluding hydrogens is 130 g/mol. The Kier molecular flexibility index (Phi) is 6.84. The standard InChI is InChI=1S/C6H13NO.H4N2/c1-2-7-3-5-8-6-4-7;1-2/h2-6H2,1H3;1-2H2. The Balaban J connectivity index is 0.000000371. The smallest absolute Gasteiger partial charge is 0.0594 e. The van der Waals surface area contributed by atoms with E-state index in [4.69, 9.17) is 4.74 Å². The summed E-state index contributed by atoms with van der Waals surface area (Å²) in [5, 5.41) is 0. The van der Waals surface area contributed by atoms with Crippen LogP contribution in [0.5, 0.6) is 0 Å². The summed E-state index contributed by atoms with van der Waals surface area (Å²) in [6.07, 6.45) is 0. The third-order valence-corrected chi connectivity index (χ3v) is 1.55. The zero-order valence-corrected chi connectivity index (χ0v) is 6.55. The van der Waals surface area contributed by atoms with Crippen LogP contribution in [0.1, 0.15) is 6.92 Å². The third kappa shape index (κ3) is 3.79. The first-order valence-corrected chi connectivity index (χ1v) is 3.57. The van der Waals surface area contributed by atoms with E-state index in [1.54, 1.807) is 0 Å². The molecule has 0 atom stereocenters. The van der Waals surface area contributed by atoms with Gasteiger partial charge >= 0.3 is 0 Å². The average molecular weight is 147 g/mol. The number of hydrogen-bond donors (Lipinski definition) is 2. The van der Waals surface area contributed by atoms with Crippen LogP contribution in [0.15, 0.2) is 0 Å². The van der Waals surface area contributed by atoms with Gasteiger partial charge in [-0.05, 0) is 6.54 Å². The van der Waals surface area contributed by atoms with Crippen molar-refractivity contribution < 1.29 is 4.74 Å². The molecule has 1 saturated heterocycles. The maximum absolute atomic E-state index is 5.16. The second-order valence-electron chi connectivity index (χ2n) is 2.05. The van der Waals surface area contributed by atoms with Crippen molar-refractivity contribution in [3.8, 4) is 0 Å². The summed E-state index contributed by atoms with van der Waals surface area (Å²) in [6, 6.07) is 0. The van der Waals surface area contributed by atoms with Crippen LogP contribution < -0.4 is 11.7 Å². The minimum atomic E-state index is 0.924. The molecule has 0 aliphatic carbocycles. The van der Waals surface area contributed by atoms with E-state index in [0.29, 0.717) is 0 Å². The zero-order valence-electron chi connectivity index (χ0n) is 6.55. The predicted molar refractivity (Wildman–Crippen MR) is 41.3 cm³/mol. The number of rotatable bonds is 1. The molecule has 0 saturated carbocycles. The Morgan fingerprint density at radius 1 is 1.30 bits per heavy atom. The highest BCUT2D eigenvalue weighted by atomic mass is 16.5. The van der Waals surface area contributed by atoms with Gasteiger partial charge in [0.2, 0.25) is 0 Å². The summed E-state index contributed by atoms with van der Waals surface area (Å²) < 4.78 is 5.16. The Hall–Kier alpha value is -0.160. The lowest BCUT2D eigenvalue weighted by atomic mass is 10.4. The highest BCUT2D eigenvalue weighted by Gasteiger charge is 2.05. The first-order valence-electron chi connectivity index (χ1n) is 3.57. The fourth-order valence-electron chi connectivity index (χ4n) is 0.917. The molecule has 4 heteroatoms. The van der Waals surface area contributed by atoms with Gasteiger partial charge in [-0.15, -0.1) is 0 Å². The third-order valence-electron chi connectivity index (χ3n) is 1.55. The number of morpholine rings is 1. The second kappa shape index (κ2) is 6.95. The van der Waals surface area contributed by atoms with Gasteiger partial charge < -0.3 is 4.74 Å². The molecule has 0 aromatic carbocycles. The molecule has 1 aliphatic rings. The molecule has 0 aromatic heterocycles. The maximum Gasteiger partial charge on any atom is 0.0594 e. The van der Waals surface area contributed by atoms with Crippen molar-refractivity contribution in [3.05, 3.63) is 0 Å². The highest BCUT2D eigenvalue weighted by Crippen LogP contribution is 1.93. The average Bonchev–Trinajstić information content (AvgIpc) is 2.10. The molecule has 0 aromatic rings. The molecule has 0 unspecified atom stereocenters. The van der Waals surface area contributed by atoms with Gasteiger partial charge in [0, 0.05) is 13.1 Å². The van der Waals surface area contributed by atoms with E-state index in [1.807, 2.05) is 0 Å². The van der Waals surface area contributed by atoms with Crippen molar-refractivity contribution in [2.45, 2.75) is 6.92 Å². The van der Waals surface area contributed by atoms with Crippen molar-refractivity contribution >= 4 is 0 Å². The van der Waals surface area contributed by atoms with Gasteiger partial charge in [0.05, 0.1) is 13.2 Å². The van der Waals surface area contributed by atoms with Gasteiger partial charge in [-0.25, -0.2) is 0 Å². The molecule has 0 bridgehead atoms. The molecule has 10 heavy (non-hydrogen) atoms. The zero-order chi connectivity index (χ0) is 7.82. The second-order valence-corrected chi connectivity index (χ2v) is 2.05. The Bertz CT molecular complexity index is 64.0. The van der Waals surface area contributed by atoms with E-state index < -0.39 is 0 Å². The molecule has 0 radical (unpaired) electrons. The van der Waals surface area contributed by atoms with Gasteiger partial charge in [0.25, 0.3) is 0 Å². The fourth-order valence-corrected chi connectivity index (χ4v) is 0.917. The van der Waals surface area contributed by atoms with Crippen LogP contribution in [-0.2, 0) is 4.74 Å². The van der Waals surface area contributed by atoms with E-state index in [9.17, 15) is 0 Å². The van der Waals surface area contributed by atoms with Gasteiger partial charge in [0.1, 0.15) is 0 Å². The van der Waals surface area contributed by atoms with Gasteiger partial charge in [-0.1, -0.05) is 6.92 Å². The molecular formula is C6H17N3O. The van der Waals surface area contributed by atoms with Crippen LogP contribution in [-0.4, -0.2) is 37.7 Å². The van der Waals surface area contributed by atoms with E-state index >= 15 is 0 Å².